The van der Waals surface area contributed by atoms with E-state index in [-0.39, 0.29) is 0 Å². The SMILES string of the molecule is Cc1noc(CNc2cc(N)ns2)n1. The van der Waals surface area contributed by atoms with Gasteiger partial charge in [-0.15, -0.1) is 0 Å². The second-order valence-corrected chi connectivity index (χ2v) is 3.51. The lowest BCUT2D eigenvalue weighted by Gasteiger charge is -1.95. The number of nitrogens with zero attached hydrogens (tertiary/aromatic N) is 3. The van der Waals surface area contributed by atoms with Crippen molar-refractivity contribution in [2.24, 2.45) is 0 Å². The molecule has 2 aromatic heterocycles. The number of nitrogens with one attached hydrogen (secondary N) is 1. The number of aromatic nitrogens is 3. The van der Waals surface area contributed by atoms with Gasteiger partial charge in [0.2, 0.25) is 5.89 Å². The zero-order valence-electron chi connectivity index (χ0n) is 7.52. The van der Waals surface area contributed by atoms with Gasteiger partial charge >= 0.3 is 0 Å². The molecule has 74 valence electrons. The highest BCUT2D eigenvalue weighted by Gasteiger charge is 2.03. The molecular weight excluding hydrogens is 202 g/mol. The molecule has 14 heavy (non-hydrogen) atoms. The van der Waals surface area contributed by atoms with Crippen LogP contribution in [0, 0.1) is 6.92 Å². The van der Waals surface area contributed by atoms with Gasteiger partial charge in [0, 0.05) is 6.07 Å². The van der Waals surface area contributed by atoms with Crippen LogP contribution in [0.1, 0.15) is 11.7 Å². The van der Waals surface area contributed by atoms with Crippen molar-refractivity contribution < 1.29 is 4.52 Å². The van der Waals surface area contributed by atoms with Gasteiger partial charge in [0.1, 0.15) is 10.8 Å². The third-order valence-corrected chi connectivity index (χ3v) is 2.27. The molecule has 0 unspecified atom stereocenters. The van der Waals surface area contributed by atoms with Gasteiger partial charge in [-0.2, -0.15) is 9.36 Å². The van der Waals surface area contributed by atoms with Crippen molar-refractivity contribution in [3.05, 3.63) is 17.8 Å². The number of nitrogens with two attached hydrogens (primary N) is 1. The smallest absolute Gasteiger partial charge is 0.245 e. The molecule has 0 fully saturated rings. The second-order valence-electron chi connectivity index (χ2n) is 2.70. The van der Waals surface area contributed by atoms with E-state index in [0.29, 0.717) is 24.1 Å². The van der Waals surface area contributed by atoms with Crippen LogP contribution in [0.3, 0.4) is 0 Å². The fourth-order valence-corrected chi connectivity index (χ4v) is 1.51. The van der Waals surface area contributed by atoms with Crippen LogP contribution in [0.5, 0.6) is 0 Å². The van der Waals surface area contributed by atoms with Gasteiger partial charge in [-0.3, -0.25) is 0 Å². The first-order chi connectivity index (χ1) is 6.74. The van der Waals surface area contributed by atoms with E-state index in [1.807, 2.05) is 0 Å². The lowest BCUT2D eigenvalue weighted by atomic mass is 10.5. The minimum Gasteiger partial charge on any atom is -0.383 e. The zero-order chi connectivity index (χ0) is 9.97. The van der Waals surface area contributed by atoms with Crippen LogP contribution in [0.15, 0.2) is 10.6 Å². The number of aryl methyl sites for hydroxylation is 1. The predicted molar refractivity (Wildman–Crippen MR) is 52.9 cm³/mol. The first kappa shape index (κ1) is 8.95. The number of hydrogen-bond donors (Lipinski definition) is 2. The number of rotatable bonds is 3. The number of nitrogen functional groups attached to an aromatic ring is 1. The Bertz CT molecular complexity index is 383. The molecule has 0 bridgehead atoms. The number of hydrogen-bond acceptors (Lipinski definition) is 7. The van der Waals surface area contributed by atoms with Crippen LogP contribution >= 0.6 is 11.5 Å². The summed E-state index contributed by atoms with van der Waals surface area (Å²) in [6, 6.07) is 1.76. The summed E-state index contributed by atoms with van der Waals surface area (Å²) >= 11 is 1.30. The Morgan fingerprint density at radius 3 is 3.07 bits per heavy atom. The minimum absolute atomic E-state index is 0.489. The van der Waals surface area contributed by atoms with Crippen molar-refractivity contribution in [3.63, 3.8) is 0 Å². The maximum Gasteiger partial charge on any atom is 0.245 e. The fraction of sp³-hybridized carbons (Fsp3) is 0.286. The lowest BCUT2D eigenvalue weighted by Crippen LogP contribution is -1.97. The summed E-state index contributed by atoms with van der Waals surface area (Å²) in [5, 5.41) is 7.63. The molecule has 0 aliphatic carbocycles. The molecule has 0 aliphatic heterocycles. The van der Waals surface area contributed by atoms with Crippen molar-refractivity contribution in [2.75, 3.05) is 11.1 Å². The summed E-state index contributed by atoms with van der Waals surface area (Å²) in [5.74, 6) is 1.69. The van der Waals surface area contributed by atoms with Gasteiger partial charge in [-0.25, -0.2) is 0 Å². The predicted octanol–water partition coefficient (Wildman–Crippen LogP) is 1.03. The van der Waals surface area contributed by atoms with Crippen LogP contribution in [-0.4, -0.2) is 14.5 Å². The largest absolute Gasteiger partial charge is 0.383 e. The summed E-state index contributed by atoms with van der Waals surface area (Å²) in [5.41, 5.74) is 5.46. The van der Waals surface area contributed by atoms with Crippen LogP contribution in [-0.2, 0) is 6.54 Å². The van der Waals surface area contributed by atoms with Gasteiger partial charge in [0.05, 0.1) is 6.54 Å². The van der Waals surface area contributed by atoms with E-state index >= 15 is 0 Å². The van der Waals surface area contributed by atoms with Crippen LogP contribution in [0.4, 0.5) is 10.8 Å². The van der Waals surface area contributed by atoms with Crippen molar-refractivity contribution in [1.82, 2.24) is 14.5 Å². The van der Waals surface area contributed by atoms with Crippen LogP contribution in [0.2, 0.25) is 0 Å². The van der Waals surface area contributed by atoms with Gasteiger partial charge in [0.15, 0.2) is 5.82 Å². The van der Waals surface area contributed by atoms with E-state index in [4.69, 9.17) is 10.3 Å². The monoisotopic (exact) mass is 211 g/mol. The summed E-state index contributed by atoms with van der Waals surface area (Å²) < 4.78 is 8.85. The maximum atomic E-state index is 5.46. The Morgan fingerprint density at radius 2 is 2.50 bits per heavy atom. The molecule has 0 aromatic carbocycles. The van der Waals surface area contributed by atoms with E-state index < -0.39 is 0 Å². The minimum atomic E-state index is 0.489. The molecule has 0 spiro atoms. The first-order valence-electron chi connectivity index (χ1n) is 3.99. The maximum absolute atomic E-state index is 5.46. The average molecular weight is 211 g/mol. The van der Waals surface area contributed by atoms with Gasteiger partial charge in [-0.05, 0) is 18.5 Å². The normalized spacial score (nSPS) is 10.4. The van der Waals surface area contributed by atoms with Gasteiger partial charge < -0.3 is 15.6 Å². The molecule has 7 heteroatoms. The summed E-state index contributed by atoms with van der Waals surface area (Å²) in [6.07, 6.45) is 0. The average Bonchev–Trinajstić information content (AvgIpc) is 2.72. The zero-order valence-corrected chi connectivity index (χ0v) is 8.34. The number of anilines is 2. The molecular formula is C7H9N5OS. The van der Waals surface area contributed by atoms with Gasteiger partial charge in [0.25, 0.3) is 0 Å². The first-order valence-corrected chi connectivity index (χ1v) is 4.76. The van der Waals surface area contributed by atoms with Gasteiger partial charge in [-0.1, -0.05) is 5.16 Å². The Balaban J connectivity index is 1.94. The van der Waals surface area contributed by atoms with Crippen molar-refractivity contribution >= 4 is 22.4 Å². The molecule has 2 aromatic rings. The molecule has 6 nitrogen and oxygen atoms in total. The fourth-order valence-electron chi connectivity index (χ4n) is 0.947. The lowest BCUT2D eigenvalue weighted by molar-refractivity contribution is 0.379. The summed E-state index contributed by atoms with van der Waals surface area (Å²) in [4.78, 5) is 4.05. The van der Waals surface area contributed by atoms with Crippen molar-refractivity contribution in [1.29, 1.82) is 0 Å². The van der Waals surface area contributed by atoms with E-state index in [9.17, 15) is 0 Å². The molecule has 0 saturated carbocycles. The van der Waals surface area contributed by atoms with E-state index in [2.05, 4.69) is 19.8 Å². The molecule has 0 radical (unpaired) electrons. The molecule has 0 saturated heterocycles. The third-order valence-electron chi connectivity index (χ3n) is 1.51. The third kappa shape index (κ3) is 1.99. The Labute approximate surface area is 84.3 Å². The highest BCUT2D eigenvalue weighted by molar-refractivity contribution is 7.10. The second kappa shape index (κ2) is 3.62. The van der Waals surface area contributed by atoms with E-state index in [1.54, 1.807) is 13.0 Å². The summed E-state index contributed by atoms with van der Waals surface area (Å²) in [7, 11) is 0. The molecule has 0 amide bonds. The van der Waals surface area contributed by atoms with E-state index in [1.165, 1.54) is 11.5 Å². The molecule has 0 aliphatic rings. The highest BCUT2D eigenvalue weighted by Crippen LogP contribution is 2.17. The topological polar surface area (TPSA) is 89.9 Å². The molecule has 0 atom stereocenters. The van der Waals surface area contributed by atoms with Crippen LogP contribution in [0.25, 0.3) is 0 Å². The quantitative estimate of drug-likeness (QED) is 0.788. The Hall–Kier alpha value is -1.63. The highest BCUT2D eigenvalue weighted by atomic mass is 32.1. The van der Waals surface area contributed by atoms with E-state index in [0.717, 1.165) is 5.00 Å². The van der Waals surface area contributed by atoms with Crippen molar-refractivity contribution in [2.45, 2.75) is 13.5 Å². The summed E-state index contributed by atoms with van der Waals surface area (Å²) in [6.45, 7) is 2.26. The standard InChI is InChI=1S/C7H9N5OS/c1-4-10-6(13-11-4)3-9-7-2-5(8)12-14-7/h2,9H,3H2,1H3,(H2,8,12). The van der Waals surface area contributed by atoms with Crippen LogP contribution < -0.4 is 11.1 Å². The molecule has 3 N–H and O–H groups in total. The van der Waals surface area contributed by atoms with Crippen molar-refractivity contribution in [3.8, 4) is 0 Å². The Kier molecular flexibility index (Phi) is 2.32. The molecule has 2 rings (SSSR count). The molecule has 2 heterocycles. The Morgan fingerprint density at radius 1 is 1.64 bits per heavy atom.